The van der Waals surface area contributed by atoms with E-state index in [9.17, 15) is 9.59 Å². The number of nitrogens with zero attached hydrogens (tertiary/aromatic N) is 1. The van der Waals surface area contributed by atoms with Gasteiger partial charge in [-0.1, -0.05) is 25.1 Å². The van der Waals surface area contributed by atoms with Crippen LogP contribution in [0.1, 0.15) is 23.7 Å². The fourth-order valence-electron chi connectivity index (χ4n) is 2.86. The van der Waals surface area contributed by atoms with Gasteiger partial charge in [0.1, 0.15) is 5.75 Å². The molecule has 2 N–H and O–H groups in total. The number of benzene rings is 2. The standard InChI is InChI=1S/C22H23N3O3/c1-3-12-23-21(26)14-24-22(27)18-13-20(15-8-10-16(28-2)11-9-15)25-19-7-5-4-6-17(18)19/h4-11,13H,3,12,14H2,1-2H3,(H,23,26)(H,24,27). The van der Waals surface area contributed by atoms with Gasteiger partial charge in [0.15, 0.2) is 0 Å². The van der Waals surface area contributed by atoms with Crippen LogP contribution in [0.25, 0.3) is 22.2 Å². The van der Waals surface area contributed by atoms with Gasteiger partial charge in [-0.25, -0.2) is 4.98 Å². The molecule has 0 unspecified atom stereocenters. The Morgan fingerprint density at radius 3 is 2.50 bits per heavy atom. The highest BCUT2D eigenvalue weighted by Crippen LogP contribution is 2.26. The minimum atomic E-state index is -0.306. The molecular weight excluding hydrogens is 354 g/mol. The fourth-order valence-corrected chi connectivity index (χ4v) is 2.86. The molecule has 3 rings (SSSR count). The van der Waals surface area contributed by atoms with Gasteiger partial charge >= 0.3 is 0 Å². The first-order valence-electron chi connectivity index (χ1n) is 9.21. The molecule has 0 saturated heterocycles. The van der Waals surface area contributed by atoms with E-state index in [0.717, 1.165) is 28.6 Å². The summed E-state index contributed by atoms with van der Waals surface area (Å²) in [5.74, 6) is 0.240. The van der Waals surface area contributed by atoms with Gasteiger partial charge in [0, 0.05) is 17.5 Å². The first-order chi connectivity index (χ1) is 13.6. The number of carbonyl (C=O) groups excluding carboxylic acids is 2. The molecule has 6 nitrogen and oxygen atoms in total. The maximum Gasteiger partial charge on any atom is 0.252 e. The van der Waals surface area contributed by atoms with Crippen molar-refractivity contribution in [3.63, 3.8) is 0 Å². The summed E-state index contributed by atoms with van der Waals surface area (Å²) in [5.41, 5.74) is 2.76. The average molecular weight is 377 g/mol. The number of amides is 2. The van der Waals surface area contributed by atoms with Crippen molar-refractivity contribution in [2.24, 2.45) is 0 Å². The topological polar surface area (TPSA) is 80.3 Å². The Morgan fingerprint density at radius 2 is 1.79 bits per heavy atom. The van der Waals surface area contributed by atoms with Gasteiger partial charge in [-0.2, -0.15) is 0 Å². The molecule has 0 atom stereocenters. The summed E-state index contributed by atoms with van der Waals surface area (Å²) in [6.45, 7) is 2.50. The number of carbonyl (C=O) groups is 2. The van der Waals surface area contributed by atoms with Gasteiger partial charge in [0.05, 0.1) is 30.4 Å². The number of hydrogen-bond donors (Lipinski definition) is 2. The van der Waals surface area contributed by atoms with Crippen molar-refractivity contribution in [3.05, 3.63) is 60.2 Å². The summed E-state index contributed by atoms with van der Waals surface area (Å²) in [7, 11) is 1.61. The van der Waals surface area contributed by atoms with Crippen molar-refractivity contribution in [3.8, 4) is 17.0 Å². The first-order valence-corrected chi connectivity index (χ1v) is 9.21. The van der Waals surface area contributed by atoms with Crippen LogP contribution in [-0.2, 0) is 4.79 Å². The number of nitrogens with one attached hydrogen (secondary N) is 2. The van der Waals surface area contributed by atoms with E-state index in [-0.39, 0.29) is 18.4 Å². The van der Waals surface area contributed by atoms with Crippen LogP contribution in [0.5, 0.6) is 5.75 Å². The lowest BCUT2D eigenvalue weighted by molar-refractivity contribution is -0.120. The summed E-state index contributed by atoms with van der Waals surface area (Å²) in [6, 6.07) is 16.7. The Hall–Kier alpha value is -3.41. The van der Waals surface area contributed by atoms with E-state index in [1.807, 2.05) is 55.5 Å². The predicted octanol–water partition coefficient (Wildman–Crippen LogP) is 3.17. The minimum absolute atomic E-state index is 0.0622. The monoisotopic (exact) mass is 377 g/mol. The molecule has 1 aromatic heterocycles. The molecule has 0 aliphatic carbocycles. The average Bonchev–Trinajstić information content (AvgIpc) is 2.75. The highest BCUT2D eigenvalue weighted by Gasteiger charge is 2.15. The molecule has 3 aromatic rings. The highest BCUT2D eigenvalue weighted by molar-refractivity contribution is 6.08. The summed E-state index contributed by atoms with van der Waals surface area (Å²) in [5, 5.41) is 6.19. The third-order valence-electron chi connectivity index (χ3n) is 4.33. The molecule has 6 heteroatoms. The van der Waals surface area contributed by atoms with Gasteiger partial charge < -0.3 is 15.4 Å². The van der Waals surface area contributed by atoms with E-state index in [0.29, 0.717) is 17.8 Å². The van der Waals surface area contributed by atoms with Crippen molar-refractivity contribution in [2.75, 3.05) is 20.2 Å². The van der Waals surface area contributed by atoms with Crippen molar-refractivity contribution < 1.29 is 14.3 Å². The number of pyridine rings is 1. The molecule has 0 spiro atoms. The summed E-state index contributed by atoms with van der Waals surface area (Å²) in [4.78, 5) is 29.3. The van der Waals surface area contributed by atoms with Crippen molar-refractivity contribution in [2.45, 2.75) is 13.3 Å². The lowest BCUT2D eigenvalue weighted by Crippen LogP contribution is -2.37. The SMILES string of the molecule is CCCNC(=O)CNC(=O)c1cc(-c2ccc(OC)cc2)nc2ccccc12. The Labute approximate surface area is 163 Å². The maximum absolute atomic E-state index is 12.8. The zero-order valence-corrected chi connectivity index (χ0v) is 16.0. The molecule has 144 valence electrons. The van der Waals surface area contributed by atoms with Crippen molar-refractivity contribution in [1.82, 2.24) is 15.6 Å². The molecule has 0 saturated carbocycles. The first kappa shape index (κ1) is 19.4. The van der Waals surface area contributed by atoms with Gasteiger partial charge in [0.25, 0.3) is 5.91 Å². The van der Waals surface area contributed by atoms with Crippen LogP contribution in [0.4, 0.5) is 0 Å². The largest absolute Gasteiger partial charge is 0.497 e. The minimum Gasteiger partial charge on any atom is -0.497 e. The normalized spacial score (nSPS) is 10.5. The highest BCUT2D eigenvalue weighted by atomic mass is 16.5. The quantitative estimate of drug-likeness (QED) is 0.663. The Kier molecular flexibility index (Phi) is 6.22. The lowest BCUT2D eigenvalue weighted by Gasteiger charge is -2.11. The predicted molar refractivity (Wildman–Crippen MR) is 109 cm³/mol. The van der Waals surface area contributed by atoms with Crippen LogP contribution in [-0.4, -0.2) is 37.0 Å². The zero-order chi connectivity index (χ0) is 19.9. The lowest BCUT2D eigenvalue weighted by atomic mass is 10.0. The molecule has 0 aliphatic rings. The van der Waals surface area contributed by atoms with E-state index >= 15 is 0 Å². The van der Waals surface area contributed by atoms with Gasteiger partial charge in [-0.15, -0.1) is 0 Å². The molecule has 0 bridgehead atoms. The van der Waals surface area contributed by atoms with Crippen molar-refractivity contribution in [1.29, 1.82) is 0 Å². The van der Waals surface area contributed by atoms with Crippen LogP contribution < -0.4 is 15.4 Å². The Balaban J connectivity index is 1.91. The number of ether oxygens (including phenoxy) is 1. The number of hydrogen-bond acceptors (Lipinski definition) is 4. The van der Waals surface area contributed by atoms with Gasteiger partial charge in [0.2, 0.25) is 5.91 Å². The summed E-state index contributed by atoms with van der Waals surface area (Å²) >= 11 is 0. The molecule has 2 aromatic carbocycles. The third kappa shape index (κ3) is 4.46. The van der Waals surface area contributed by atoms with E-state index in [2.05, 4.69) is 15.6 Å². The molecule has 0 aliphatic heterocycles. The number of aromatic nitrogens is 1. The number of fused-ring (bicyclic) bond motifs is 1. The van der Waals surface area contributed by atoms with Gasteiger partial charge in [-0.05, 0) is 42.8 Å². The second kappa shape index (κ2) is 8.99. The molecule has 0 fully saturated rings. The van der Waals surface area contributed by atoms with Crippen LogP contribution in [0, 0.1) is 0 Å². The zero-order valence-electron chi connectivity index (χ0n) is 16.0. The summed E-state index contributed by atoms with van der Waals surface area (Å²) in [6.07, 6.45) is 0.847. The molecular formula is C22H23N3O3. The number of rotatable bonds is 7. The molecule has 1 heterocycles. The van der Waals surface area contributed by atoms with Crippen LogP contribution in [0.3, 0.4) is 0 Å². The van der Waals surface area contributed by atoms with Crippen LogP contribution in [0.15, 0.2) is 54.6 Å². The van der Waals surface area contributed by atoms with Crippen LogP contribution >= 0.6 is 0 Å². The van der Waals surface area contributed by atoms with Crippen molar-refractivity contribution >= 4 is 22.7 Å². The molecule has 2 amide bonds. The third-order valence-corrected chi connectivity index (χ3v) is 4.33. The van der Waals surface area contributed by atoms with E-state index in [1.165, 1.54) is 0 Å². The van der Waals surface area contributed by atoms with E-state index < -0.39 is 0 Å². The number of para-hydroxylation sites is 1. The number of methoxy groups -OCH3 is 1. The van der Waals surface area contributed by atoms with E-state index in [4.69, 9.17) is 4.74 Å². The molecule has 0 radical (unpaired) electrons. The molecule has 28 heavy (non-hydrogen) atoms. The van der Waals surface area contributed by atoms with Crippen LogP contribution in [0.2, 0.25) is 0 Å². The Bertz CT molecular complexity index is 984. The second-order valence-electron chi connectivity index (χ2n) is 6.33. The smallest absolute Gasteiger partial charge is 0.252 e. The maximum atomic E-state index is 12.8. The fraction of sp³-hybridized carbons (Fsp3) is 0.227. The van der Waals surface area contributed by atoms with Gasteiger partial charge in [-0.3, -0.25) is 9.59 Å². The summed E-state index contributed by atoms with van der Waals surface area (Å²) < 4.78 is 5.20. The second-order valence-corrected chi connectivity index (χ2v) is 6.33. The Morgan fingerprint density at radius 1 is 1.04 bits per heavy atom. The van der Waals surface area contributed by atoms with E-state index in [1.54, 1.807) is 13.2 Å².